The summed E-state index contributed by atoms with van der Waals surface area (Å²) >= 11 is 0. The van der Waals surface area contributed by atoms with Crippen molar-refractivity contribution in [2.24, 2.45) is 5.92 Å². The molecule has 0 heterocycles. The van der Waals surface area contributed by atoms with E-state index in [-0.39, 0.29) is 12.0 Å². The average Bonchev–Trinajstić information content (AvgIpc) is 2.48. The monoisotopic (exact) mass is 293 g/mol. The van der Waals surface area contributed by atoms with Gasteiger partial charge in [0.2, 0.25) is 5.82 Å². The highest BCUT2D eigenvalue weighted by molar-refractivity contribution is 5.48. The van der Waals surface area contributed by atoms with Crippen LogP contribution in [0.2, 0.25) is 0 Å². The predicted molar refractivity (Wildman–Crippen MR) is 65.9 cm³/mol. The van der Waals surface area contributed by atoms with Gasteiger partial charge in [-0.2, -0.15) is 0 Å². The third-order valence-corrected chi connectivity index (χ3v) is 3.97. The Kier molecular flexibility index (Phi) is 4.50. The van der Waals surface area contributed by atoms with E-state index in [2.05, 4.69) is 5.32 Å². The van der Waals surface area contributed by atoms with Gasteiger partial charge in [0.05, 0.1) is 0 Å². The van der Waals surface area contributed by atoms with Crippen molar-refractivity contribution in [3.05, 3.63) is 29.1 Å². The summed E-state index contributed by atoms with van der Waals surface area (Å²) in [7, 11) is 0. The molecule has 1 aromatic rings. The highest BCUT2D eigenvalue weighted by Crippen LogP contribution is 2.33. The van der Waals surface area contributed by atoms with Crippen LogP contribution in [0, 0.1) is 35.0 Å². The SMILES string of the molecule is CCC1CCCCC1Nc1c(F)c(F)c(F)c(F)c1F. The molecule has 112 valence electrons. The maximum atomic E-state index is 13.6. The van der Waals surface area contributed by atoms with Crippen molar-refractivity contribution in [2.45, 2.75) is 45.1 Å². The van der Waals surface area contributed by atoms with E-state index in [1.54, 1.807) is 0 Å². The zero-order chi connectivity index (χ0) is 14.9. The summed E-state index contributed by atoms with van der Waals surface area (Å²) in [5.41, 5.74) is -0.910. The van der Waals surface area contributed by atoms with Gasteiger partial charge in [-0.25, -0.2) is 22.0 Å². The minimum Gasteiger partial charge on any atom is -0.377 e. The molecule has 1 aromatic carbocycles. The van der Waals surface area contributed by atoms with Crippen LogP contribution in [0.5, 0.6) is 0 Å². The third-order valence-electron chi connectivity index (χ3n) is 3.97. The Labute approximate surface area is 114 Å². The second-order valence-electron chi connectivity index (χ2n) is 5.15. The minimum atomic E-state index is -2.12. The fraction of sp³-hybridized carbons (Fsp3) is 0.571. The van der Waals surface area contributed by atoms with Gasteiger partial charge in [0.15, 0.2) is 23.3 Å². The van der Waals surface area contributed by atoms with Crippen molar-refractivity contribution >= 4 is 5.69 Å². The van der Waals surface area contributed by atoms with Crippen LogP contribution in [0.25, 0.3) is 0 Å². The molecule has 20 heavy (non-hydrogen) atoms. The fourth-order valence-electron chi connectivity index (χ4n) is 2.80. The molecule has 2 atom stereocenters. The number of anilines is 1. The van der Waals surface area contributed by atoms with Gasteiger partial charge in [0, 0.05) is 6.04 Å². The maximum absolute atomic E-state index is 13.6. The second-order valence-corrected chi connectivity index (χ2v) is 5.15. The third kappa shape index (κ3) is 2.60. The summed E-state index contributed by atoms with van der Waals surface area (Å²) in [6.45, 7) is 1.95. The number of benzene rings is 1. The van der Waals surface area contributed by atoms with Crippen molar-refractivity contribution in [3.63, 3.8) is 0 Å². The van der Waals surface area contributed by atoms with Crippen LogP contribution in [0.15, 0.2) is 0 Å². The Bertz CT molecular complexity index is 474. The lowest BCUT2D eigenvalue weighted by Crippen LogP contribution is -2.33. The van der Waals surface area contributed by atoms with E-state index in [4.69, 9.17) is 0 Å². The molecule has 1 fully saturated rings. The van der Waals surface area contributed by atoms with Gasteiger partial charge in [-0.1, -0.05) is 26.2 Å². The zero-order valence-corrected chi connectivity index (χ0v) is 11.1. The van der Waals surface area contributed by atoms with E-state index in [1.807, 2.05) is 6.92 Å². The first-order chi connectivity index (χ1) is 9.47. The lowest BCUT2D eigenvalue weighted by Gasteiger charge is -2.32. The van der Waals surface area contributed by atoms with E-state index in [9.17, 15) is 22.0 Å². The molecule has 2 rings (SSSR count). The fourth-order valence-corrected chi connectivity index (χ4v) is 2.80. The number of hydrogen-bond acceptors (Lipinski definition) is 1. The highest BCUT2D eigenvalue weighted by Gasteiger charge is 2.30. The predicted octanol–water partition coefficient (Wildman–Crippen LogP) is 4.76. The van der Waals surface area contributed by atoms with E-state index >= 15 is 0 Å². The molecule has 0 spiro atoms. The summed E-state index contributed by atoms with van der Waals surface area (Å²) in [6.07, 6.45) is 4.26. The van der Waals surface area contributed by atoms with Crippen molar-refractivity contribution < 1.29 is 22.0 Å². The number of halogens is 5. The van der Waals surface area contributed by atoms with Gasteiger partial charge >= 0.3 is 0 Å². The van der Waals surface area contributed by atoms with Crippen molar-refractivity contribution in [3.8, 4) is 0 Å². The standard InChI is InChI=1S/C14H16F5N/c1-2-7-5-3-4-6-8(7)20-14-12(18)10(16)9(15)11(17)13(14)19/h7-8,20H,2-6H2,1H3. The topological polar surface area (TPSA) is 12.0 Å². The largest absolute Gasteiger partial charge is 0.377 e. The van der Waals surface area contributed by atoms with Crippen LogP contribution < -0.4 is 5.32 Å². The Morgan fingerprint density at radius 1 is 0.850 bits per heavy atom. The first-order valence-electron chi connectivity index (χ1n) is 6.75. The summed E-state index contributed by atoms with van der Waals surface area (Å²) in [5.74, 6) is -9.34. The van der Waals surface area contributed by atoms with Gasteiger partial charge in [0.1, 0.15) is 5.69 Å². The molecular weight excluding hydrogens is 277 g/mol. The van der Waals surface area contributed by atoms with Crippen LogP contribution in [0.4, 0.5) is 27.6 Å². The molecule has 0 radical (unpaired) electrons. The van der Waals surface area contributed by atoms with Gasteiger partial charge in [-0.3, -0.25) is 0 Å². The van der Waals surface area contributed by atoms with Crippen LogP contribution in [0.1, 0.15) is 39.0 Å². The average molecular weight is 293 g/mol. The normalized spacial score (nSPS) is 22.9. The molecule has 1 saturated carbocycles. The van der Waals surface area contributed by atoms with E-state index < -0.39 is 34.8 Å². The zero-order valence-electron chi connectivity index (χ0n) is 11.1. The van der Waals surface area contributed by atoms with Gasteiger partial charge in [0.25, 0.3) is 0 Å². The van der Waals surface area contributed by atoms with Crippen LogP contribution >= 0.6 is 0 Å². The quantitative estimate of drug-likeness (QED) is 0.481. The van der Waals surface area contributed by atoms with Crippen LogP contribution in [-0.2, 0) is 0 Å². The summed E-state index contributed by atoms with van der Waals surface area (Å²) in [5, 5.41) is 2.53. The Morgan fingerprint density at radius 2 is 1.35 bits per heavy atom. The molecule has 0 bridgehead atoms. The smallest absolute Gasteiger partial charge is 0.200 e. The van der Waals surface area contributed by atoms with Gasteiger partial charge in [-0.15, -0.1) is 0 Å². The molecule has 0 saturated heterocycles. The molecule has 0 aromatic heterocycles. The molecule has 1 nitrogen and oxygen atoms in total. The molecule has 2 unspecified atom stereocenters. The molecule has 1 N–H and O–H groups in total. The molecular formula is C14H16F5N. The first kappa shape index (κ1) is 15.1. The first-order valence-corrected chi connectivity index (χ1v) is 6.75. The molecule has 1 aliphatic rings. The van der Waals surface area contributed by atoms with Crippen molar-refractivity contribution in [1.82, 2.24) is 0 Å². The number of rotatable bonds is 3. The summed E-state index contributed by atoms with van der Waals surface area (Å²) in [4.78, 5) is 0. The van der Waals surface area contributed by atoms with Crippen molar-refractivity contribution in [2.75, 3.05) is 5.32 Å². The highest BCUT2D eigenvalue weighted by atomic mass is 19.2. The second kappa shape index (κ2) is 5.97. The Morgan fingerprint density at radius 3 is 1.90 bits per heavy atom. The van der Waals surface area contributed by atoms with E-state index in [0.29, 0.717) is 6.42 Å². The lowest BCUT2D eigenvalue weighted by atomic mass is 9.83. The molecule has 0 amide bonds. The number of hydrogen-bond donors (Lipinski definition) is 1. The van der Waals surface area contributed by atoms with Crippen LogP contribution in [-0.4, -0.2) is 6.04 Å². The van der Waals surface area contributed by atoms with Crippen LogP contribution in [0.3, 0.4) is 0 Å². The summed E-state index contributed by atoms with van der Waals surface area (Å²) < 4.78 is 66.4. The molecule has 6 heteroatoms. The van der Waals surface area contributed by atoms with E-state index in [0.717, 1.165) is 25.7 Å². The Hall–Kier alpha value is -1.33. The maximum Gasteiger partial charge on any atom is 0.200 e. The van der Waals surface area contributed by atoms with Gasteiger partial charge in [-0.05, 0) is 18.8 Å². The summed E-state index contributed by atoms with van der Waals surface area (Å²) in [6, 6.07) is -0.262. The minimum absolute atomic E-state index is 0.179. The number of nitrogens with one attached hydrogen (secondary N) is 1. The lowest BCUT2D eigenvalue weighted by molar-refractivity contribution is 0.313. The Balaban J connectivity index is 2.33. The molecule has 1 aliphatic carbocycles. The van der Waals surface area contributed by atoms with Crippen molar-refractivity contribution in [1.29, 1.82) is 0 Å². The van der Waals surface area contributed by atoms with E-state index in [1.165, 1.54) is 0 Å². The van der Waals surface area contributed by atoms with Gasteiger partial charge < -0.3 is 5.32 Å². The molecule has 0 aliphatic heterocycles.